The molecule has 0 spiro atoms. The molecule has 68 valence electrons. The molecule has 13 heavy (non-hydrogen) atoms. The Bertz CT molecular complexity index is 328. The fraction of sp³-hybridized carbons (Fsp3) is 0.300. The number of hydrogen-bond acceptors (Lipinski definition) is 3. The molecule has 2 nitrogen and oxygen atoms in total. The third-order valence-corrected chi connectivity index (χ3v) is 2.44. The maximum atomic E-state index is 8.52. The van der Waals surface area contributed by atoms with Crippen molar-refractivity contribution in [3.63, 3.8) is 0 Å². The first-order chi connectivity index (χ1) is 6.27. The number of nitrogens with zero attached hydrogens (tertiary/aromatic N) is 1. The van der Waals surface area contributed by atoms with Gasteiger partial charge in [0.05, 0.1) is 0 Å². The molecule has 0 aromatic heterocycles. The maximum absolute atomic E-state index is 8.52. The highest BCUT2D eigenvalue weighted by molar-refractivity contribution is 8.03. The molecular weight excluding hydrogens is 180 g/mol. The van der Waals surface area contributed by atoms with Gasteiger partial charge in [0.25, 0.3) is 0 Å². The molecule has 0 bridgehead atoms. The summed E-state index contributed by atoms with van der Waals surface area (Å²) in [5.41, 5.74) is 7.63. The van der Waals surface area contributed by atoms with Crippen LogP contribution in [0.5, 0.6) is 0 Å². The highest BCUT2D eigenvalue weighted by Crippen LogP contribution is 2.25. The average molecular weight is 192 g/mol. The van der Waals surface area contributed by atoms with E-state index in [1.807, 2.05) is 23.6 Å². The zero-order valence-corrected chi connectivity index (χ0v) is 8.40. The number of nitrogens with two attached hydrogens (primary N) is 1. The standard InChI is InChI=1S/C10H12N2S/c1-2-3-8-4-5-9(12)10(6-8)13-7-11/h4-6H,2-3,12H2,1H3. The van der Waals surface area contributed by atoms with Crippen LogP contribution < -0.4 is 5.73 Å². The van der Waals surface area contributed by atoms with Gasteiger partial charge in [-0.15, -0.1) is 0 Å². The summed E-state index contributed by atoms with van der Waals surface area (Å²) in [6.45, 7) is 2.13. The molecule has 0 radical (unpaired) electrons. The largest absolute Gasteiger partial charge is 0.398 e. The van der Waals surface area contributed by atoms with E-state index < -0.39 is 0 Å². The van der Waals surface area contributed by atoms with Gasteiger partial charge in [-0.05, 0) is 35.9 Å². The minimum atomic E-state index is 0.686. The molecule has 0 amide bonds. The molecule has 1 rings (SSSR count). The molecule has 0 atom stereocenters. The smallest absolute Gasteiger partial charge is 0.138 e. The van der Waals surface area contributed by atoms with Crippen molar-refractivity contribution in [3.8, 4) is 5.40 Å². The second-order valence-electron chi connectivity index (χ2n) is 2.82. The van der Waals surface area contributed by atoms with Crippen molar-refractivity contribution in [2.45, 2.75) is 24.7 Å². The number of anilines is 1. The Morgan fingerprint density at radius 1 is 1.54 bits per heavy atom. The number of nitrogen functional groups attached to an aromatic ring is 1. The van der Waals surface area contributed by atoms with Crippen LogP contribution in [0.25, 0.3) is 0 Å². The first kappa shape index (κ1) is 9.94. The van der Waals surface area contributed by atoms with E-state index in [0.29, 0.717) is 5.69 Å². The normalized spacial score (nSPS) is 9.54. The van der Waals surface area contributed by atoms with Crippen LogP contribution in [0.15, 0.2) is 23.1 Å². The highest BCUT2D eigenvalue weighted by atomic mass is 32.2. The first-order valence-electron chi connectivity index (χ1n) is 4.22. The zero-order valence-electron chi connectivity index (χ0n) is 7.58. The third-order valence-electron chi connectivity index (χ3n) is 1.77. The van der Waals surface area contributed by atoms with Gasteiger partial charge in [-0.3, -0.25) is 0 Å². The van der Waals surface area contributed by atoms with Crippen LogP contribution in [0.3, 0.4) is 0 Å². The van der Waals surface area contributed by atoms with E-state index in [1.165, 1.54) is 5.56 Å². The molecule has 0 aliphatic heterocycles. The van der Waals surface area contributed by atoms with Gasteiger partial charge < -0.3 is 5.73 Å². The van der Waals surface area contributed by atoms with Gasteiger partial charge in [0, 0.05) is 10.6 Å². The zero-order chi connectivity index (χ0) is 9.68. The molecular formula is C10H12N2S. The predicted molar refractivity (Wildman–Crippen MR) is 56.3 cm³/mol. The lowest BCUT2D eigenvalue weighted by Gasteiger charge is -2.03. The number of thioether (sulfide) groups is 1. The fourth-order valence-electron chi connectivity index (χ4n) is 1.16. The average Bonchev–Trinajstić information content (AvgIpc) is 2.12. The Hall–Kier alpha value is -1.14. The summed E-state index contributed by atoms with van der Waals surface area (Å²) in [5, 5.41) is 10.6. The minimum absolute atomic E-state index is 0.686. The van der Waals surface area contributed by atoms with Crippen LogP contribution in [0.2, 0.25) is 0 Å². The molecule has 1 aromatic rings. The molecule has 0 saturated heterocycles. The predicted octanol–water partition coefficient (Wildman–Crippen LogP) is 2.79. The number of rotatable bonds is 3. The minimum Gasteiger partial charge on any atom is -0.398 e. The maximum Gasteiger partial charge on any atom is 0.138 e. The Labute approximate surface area is 82.7 Å². The van der Waals surface area contributed by atoms with Crippen LogP contribution in [0.1, 0.15) is 18.9 Å². The van der Waals surface area contributed by atoms with Crippen molar-refractivity contribution >= 4 is 17.4 Å². The molecule has 0 aliphatic rings. The van der Waals surface area contributed by atoms with Crippen LogP contribution in [-0.2, 0) is 6.42 Å². The van der Waals surface area contributed by atoms with Gasteiger partial charge in [-0.2, -0.15) is 5.26 Å². The lowest BCUT2D eigenvalue weighted by molar-refractivity contribution is 0.918. The Kier molecular flexibility index (Phi) is 3.66. The number of thiocyanates is 1. The van der Waals surface area contributed by atoms with E-state index in [4.69, 9.17) is 11.0 Å². The molecule has 2 N–H and O–H groups in total. The number of nitriles is 1. The van der Waals surface area contributed by atoms with E-state index in [-0.39, 0.29) is 0 Å². The van der Waals surface area contributed by atoms with Crippen molar-refractivity contribution in [3.05, 3.63) is 23.8 Å². The van der Waals surface area contributed by atoms with Crippen LogP contribution >= 0.6 is 11.8 Å². The summed E-state index contributed by atoms with van der Waals surface area (Å²) >= 11 is 1.12. The van der Waals surface area contributed by atoms with Gasteiger partial charge >= 0.3 is 0 Å². The monoisotopic (exact) mass is 192 g/mol. The second kappa shape index (κ2) is 4.78. The fourth-order valence-corrected chi connectivity index (χ4v) is 1.66. The third kappa shape index (κ3) is 2.67. The van der Waals surface area contributed by atoms with Crippen molar-refractivity contribution in [2.24, 2.45) is 0 Å². The number of hydrogen-bond donors (Lipinski definition) is 1. The molecule has 0 unspecified atom stereocenters. The summed E-state index contributed by atoms with van der Waals surface area (Å²) in [4.78, 5) is 0.869. The Morgan fingerprint density at radius 3 is 2.92 bits per heavy atom. The number of benzene rings is 1. The van der Waals surface area contributed by atoms with Crippen LogP contribution in [0.4, 0.5) is 5.69 Å². The summed E-state index contributed by atoms with van der Waals surface area (Å²) in [5.74, 6) is 0. The summed E-state index contributed by atoms with van der Waals surface area (Å²) in [7, 11) is 0. The molecule has 0 aliphatic carbocycles. The quantitative estimate of drug-likeness (QED) is 0.455. The van der Waals surface area contributed by atoms with Gasteiger partial charge in [-0.1, -0.05) is 19.4 Å². The van der Waals surface area contributed by atoms with Gasteiger partial charge in [0.2, 0.25) is 0 Å². The highest BCUT2D eigenvalue weighted by Gasteiger charge is 2.00. The molecule has 0 saturated carbocycles. The summed E-state index contributed by atoms with van der Waals surface area (Å²) in [6.07, 6.45) is 2.15. The van der Waals surface area contributed by atoms with Gasteiger partial charge in [0.1, 0.15) is 5.40 Å². The molecule has 3 heteroatoms. The topological polar surface area (TPSA) is 49.8 Å². The van der Waals surface area contributed by atoms with E-state index >= 15 is 0 Å². The van der Waals surface area contributed by atoms with Gasteiger partial charge in [-0.25, -0.2) is 0 Å². The summed E-state index contributed by atoms with van der Waals surface area (Å²) in [6, 6.07) is 5.87. The van der Waals surface area contributed by atoms with E-state index in [1.54, 1.807) is 0 Å². The SMILES string of the molecule is CCCc1ccc(N)c(SC#N)c1. The van der Waals surface area contributed by atoms with Crippen molar-refractivity contribution in [1.29, 1.82) is 5.26 Å². The second-order valence-corrected chi connectivity index (χ2v) is 3.64. The lowest BCUT2D eigenvalue weighted by Crippen LogP contribution is -1.90. The van der Waals surface area contributed by atoms with E-state index in [0.717, 1.165) is 29.5 Å². The molecule has 1 aromatic carbocycles. The lowest BCUT2D eigenvalue weighted by atomic mass is 10.1. The Balaban J connectivity index is 2.91. The summed E-state index contributed by atoms with van der Waals surface area (Å²) < 4.78 is 0. The van der Waals surface area contributed by atoms with Crippen molar-refractivity contribution < 1.29 is 0 Å². The van der Waals surface area contributed by atoms with Crippen molar-refractivity contribution in [2.75, 3.05) is 5.73 Å². The van der Waals surface area contributed by atoms with Crippen LogP contribution in [0, 0.1) is 10.7 Å². The van der Waals surface area contributed by atoms with Crippen LogP contribution in [-0.4, -0.2) is 0 Å². The van der Waals surface area contributed by atoms with E-state index in [9.17, 15) is 0 Å². The van der Waals surface area contributed by atoms with Crippen molar-refractivity contribution in [1.82, 2.24) is 0 Å². The number of aryl methyl sites for hydroxylation is 1. The molecule has 0 heterocycles. The van der Waals surface area contributed by atoms with Gasteiger partial charge in [0.15, 0.2) is 0 Å². The Morgan fingerprint density at radius 2 is 2.31 bits per heavy atom. The van der Waals surface area contributed by atoms with E-state index in [2.05, 4.69) is 6.92 Å². The molecule has 0 fully saturated rings. The first-order valence-corrected chi connectivity index (χ1v) is 5.04.